The molecule has 44 heavy (non-hydrogen) atoms. The van der Waals surface area contributed by atoms with Crippen LogP contribution in [0.3, 0.4) is 0 Å². The van der Waals surface area contributed by atoms with E-state index in [1.165, 1.54) is 11.8 Å². The minimum Gasteiger partial charge on any atom is -0.446 e. The number of ether oxygens (including phenoxy) is 1. The summed E-state index contributed by atoms with van der Waals surface area (Å²) in [6, 6.07) is 4.70. The molecular formula is C30H34F6N6O2. The first-order valence-electron chi connectivity index (χ1n) is 14.6. The van der Waals surface area contributed by atoms with Gasteiger partial charge in [0.2, 0.25) is 0 Å². The maximum Gasteiger partial charge on any atom is 0.416 e. The Morgan fingerprint density at radius 2 is 1.55 bits per heavy atom. The second-order valence-electron chi connectivity index (χ2n) is 11.6. The normalized spacial score (nSPS) is 18.1. The van der Waals surface area contributed by atoms with E-state index in [2.05, 4.69) is 15.4 Å². The van der Waals surface area contributed by atoms with E-state index < -0.39 is 35.6 Å². The van der Waals surface area contributed by atoms with Crippen molar-refractivity contribution >= 4 is 17.7 Å². The van der Waals surface area contributed by atoms with Crippen LogP contribution in [0.15, 0.2) is 30.3 Å². The maximum absolute atomic E-state index is 13.7. The molecule has 2 aromatic carbocycles. The van der Waals surface area contributed by atoms with Gasteiger partial charge in [0.1, 0.15) is 6.10 Å². The number of tetrazole rings is 1. The molecule has 1 amide bonds. The third-order valence-corrected chi connectivity index (χ3v) is 8.32. The monoisotopic (exact) mass is 624 g/mol. The molecule has 2 aliphatic rings. The number of carbonyl (C=O) groups is 1. The summed E-state index contributed by atoms with van der Waals surface area (Å²) in [5.41, 5.74) is 0.0331. The number of rotatable bonds is 5. The standard InChI is InChI=1S/C30H34F6N6O2/c1-18-12-24-25(10-7-11-41(26(24)13-19(18)2)28(43)44-23-8-5-4-6-9-23)42(27-37-39-40(3)38-27)17-20-14-21(29(31,32)33)16-22(15-20)30(34,35)36/h12-16,23,25H,4-11,17H2,1-3H3/t25-/m0/s1. The molecule has 0 bridgehead atoms. The van der Waals surface area contributed by atoms with E-state index in [4.69, 9.17) is 4.74 Å². The van der Waals surface area contributed by atoms with Crippen LogP contribution < -0.4 is 9.80 Å². The first kappa shape index (κ1) is 31.6. The predicted octanol–water partition coefficient (Wildman–Crippen LogP) is 7.68. The molecule has 0 N–H and O–H groups in total. The number of hydrogen-bond donors (Lipinski definition) is 0. The molecule has 2 heterocycles. The molecule has 0 unspecified atom stereocenters. The number of carbonyl (C=O) groups excluding carboxylic acids is 1. The Bertz CT molecular complexity index is 1470. The van der Waals surface area contributed by atoms with Crippen LogP contribution in [-0.4, -0.2) is 38.9 Å². The Balaban J connectivity index is 1.58. The second kappa shape index (κ2) is 12.3. The number of aryl methyl sites for hydroxylation is 3. The van der Waals surface area contributed by atoms with Crippen LogP contribution in [0.1, 0.15) is 84.4 Å². The summed E-state index contributed by atoms with van der Waals surface area (Å²) in [6.45, 7) is 3.75. The third-order valence-electron chi connectivity index (χ3n) is 8.32. The van der Waals surface area contributed by atoms with Gasteiger partial charge in [0.05, 0.1) is 29.9 Å². The van der Waals surface area contributed by atoms with E-state index in [0.29, 0.717) is 42.8 Å². The zero-order chi connectivity index (χ0) is 31.8. The first-order chi connectivity index (χ1) is 20.7. The van der Waals surface area contributed by atoms with Gasteiger partial charge in [0, 0.05) is 13.1 Å². The number of aromatic nitrogens is 4. The van der Waals surface area contributed by atoms with Gasteiger partial charge in [0.25, 0.3) is 5.95 Å². The summed E-state index contributed by atoms with van der Waals surface area (Å²) in [5.74, 6) is 0.0332. The number of halogens is 6. The molecule has 8 nitrogen and oxygen atoms in total. The van der Waals surface area contributed by atoms with Gasteiger partial charge in [-0.1, -0.05) is 17.6 Å². The van der Waals surface area contributed by atoms with Crippen molar-refractivity contribution in [3.8, 4) is 0 Å². The fraction of sp³-hybridized carbons (Fsp3) is 0.533. The van der Waals surface area contributed by atoms with Gasteiger partial charge in [-0.2, -0.15) is 31.1 Å². The van der Waals surface area contributed by atoms with Gasteiger partial charge in [-0.05, 0) is 104 Å². The number of amides is 1. The van der Waals surface area contributed by atoms with Crippen LogP contribution in [0.25, 0.3) is 0 Å². The molecule has 0 radical (unpaired) electrons. The fourth-order valence-corrected chi connectivity index (χ4v) is 5.96. The molecule has 238 valence electrons. The smallest absolute Gasteiger partial charge is 0.416 e. The van der Waals surface area contributed by atoms with Crippen molar-refractivity contribution in [2.45, 2.75) is 89.8 Å². The Morgan fingerprint density at radius 3 is 2.14 bits per heavy atom. The lowest BCUT2D eigenvalue weighted by Crippen LogP contribution is -2.36. The summed E-state index contributed by atoms with van der Waals surface area (Å²) in [7, 11) is 1.51. The zero-order valence-electron chi connectivity index (χ0n) is 24.7. The highest BCUT2D eigenvalue weighted by Gasteiger charge is 2.38. The average molecular weight is 625 g/mol. The van der Waals surface area contributed by atoms with Crippen molar-refractivity contribution in [2.24, 2.45) is 7.05 Å². The zero-order valence-corrected chi connectivity index (χ0v) is 24.7. The summed E-state index contributed by atoms with van der Waals surface area (Å²) in [6.07, 6.45) is -5.08. The van der Waals surface area contributed by atoms with Gasteiger partial charge in [-0.15, -0.1) is 5.10 Å². The SMILES string of the molecule is Cc1cc2c(cc1C)N(C(=O)OC1CCCCC1)CCC[C@@H]2N(Cc1cc(C(F)(F)F)cc(C(F)(F)F)c1)c1nnn(C)n1. The summed E-state index contributed by atoms with van der Waals surface area (Å²) < 4.78 is 88.1. The quantitative estimate of drug-likeness (QED) is 0.271. The second-order valence-corrected chi connectivity index (χ2v) is 11.6. The van der Waals surface area contributed by atoms with E-state index in [9.17, 15) is 31.1 Å². The Labute approximate surface area is 251 Å². The molecule has 3 aromatic rings. The van der Waals surface area contributed by atoms with Gasteiger partial charge in [0.15, 0.2) is 0 Å². The Hall–Kier alpha value is -3.84. The molecule has 1 aliphatic carbocycles. The Kier molecular flexibility index (Phi) is 8.81. The topological polar surface area (TPSA) is 76.4 Å². The minimum absolute atomic E-state index is 0.0332. The van der Waals surface area contributed by atoms with Crippen LogP contribution in [0.5, 0.6) is 0 Å². The van der Waals surface area contributed by atoms with Gasteiger partial charge in [-0.25, -0.2) is 4.79 Å². The maximum atomic E-state index is 13.7. The highest BCUT2D eigenvalue weighted by atomic mass is 19.4. The number of alkyl halides is 6. The van der Waals surface area contributed by atoms with E-state index >= 15 is 0 Å². The van der Waals surface area contributed by atoms with Crippen molar-refractivity contribution in [3.05, 3.63) is 63.7 Å². The first-order valence-corrected chi connectivity index (χ1v) is 14.6. The number of anilines is 2. The van der Waals surface area contributed by atoms with E-state index in [0.717, 1.165) is 43.2 Å². The van der Waals surface area contributed by atoms with E-state index in [-0.39, 0.29) is 30.2 Å². The highest BCUT2D eigenvalue weighted by molar-refractivity contribution is 5.89. The van der Waals surface area contributed by atoms with Crippen molar-refractivity contribution in [1.82, 2.24) is 20.2 Å². The van der Waals surface area contributed by atoms with Gasteiger partial charge >= 0.3 is 18.4 Å². The molecule has 1 aliphatic heterocycles. The van der Waals surface area contributed by atoms with Crippen LogP contribution in [0.2, 0.25) is 0 Å². The minimum atomic E-state index is -4.99. The van der Waals surface area contributed by atoms with Crippen LogP contribution in [-0.2, 0) is 30.7 Å². The predicted molar refractivity (Wildman–Crippen MR) is 150 cm³/mol. The van der Waals surface area contributed by atoms with Crippen LogP contribution >= 0.6 is 0 Å². The van der Waals surface area contributed by atoms with Crippen molar-refractivity contribution in [2.75, 3.05) is 16.3 Å². The molecule has 1 aromatic heterocycles. The average Bonchev–Trinajstić information content (AvgIpc) is 3.30. The molecule has 0 saturated heterocycles. The molecule has 0 spiro atoms. The fourth-order valence-electron chi connectivity index (χ4n) is 5.96. The molecule has 1 fully saturated rings. The largest absolute Gasteiger partial charge is 0.446 e. The number of benzene rings is 2. The highest BCUT2D eigenvalue weighted by Crippen LogP contribution is 2.42. The number of fused-ring (bicyclic) bond motifs is 1. The van der Waals surface area contributed by atoms with Crippen LogP contribution in [0.4, 0.5) is 42.8 Å². The van der Waals surface area contributed by atoms with Gasteiger partial charge < -0.3 is 9.64 Å². The molecule has 1 saturated carbocycles. The lowest BCUT2D eigenvalue weighted by atomic mass is 9.95. The van der Waals surface area contributed by atoms with E-state index in [1.807, 2.05) is 26.0 Å². The molecule has 5 rings (SSSR count). The summed E-state index contributed by atoms with van der Waals surface area (Å²) in [5, 5.41) is 12.2. The third kappa shape index (κ3) is 6.94. The lowest BCUT2D eigenvalue weighted by Gasteiger charge is -2.33. The van der Waals surface area contributed by atoms with Crippen molar-refractivity contribution < 1.29 is 35.9 Å². The van der Waals surface area contributed by atoms with Crippen molar-refractivity contribution in [1.29, 1.82) is 0 Å². The lowest BCUT2D eigenvalue weighted by molar-refractivity contribution is -0.143. The van der Waals surface area contributed by atoms with Crippen LogP contribution in [0, 0.1) is 13.8 Å². The van der Waals surface area contributed by atoms with Crippen molar-refractivity contribution in [3.63, 3.8) is 0 Å². The molecule has 1 atom stereocenters. The van der Waals surface area contributed by atoms with Gasteiger partial charge in [-0.3, -0.25) is 4.90 Å². The summed E-state index contributed by atoms with van der Waals surface area (Å²) in [4.78, 5) is 17.8. The van der Waals surface area contributed by atoms with E-state index in [1.54, 1.807) is 9.80 Å². The molecule has 14 heteroatoms. The summed E-state index contributed by atoms with van der Waals surface area (Å²) >= 11 is 0. The number of hydrogen-bond acceptors (Lipinski definition) is 6. The Morgan fingerprint density at radius 1 is 0.909 bits per heavy atom. The number of nitrogens with zero attached hydrogens (tertiary/aromatic N) is 6. The molecular weight excluding hydrogens is 590 g/mol.